The number of aromatic nitrogens is 4. The van der Waals surface area contributed by atoms with Crippen molar-refractivity contribution in [3.63, 3.8) is 0 Å². The number of carbonyl (C=O) groups excluding carboxylic acids is 1. The van der Waals surface area contributed by atoms with Gasteiger partial charge in [-0.25, -0.2) is 4.68 Å². The third kappa shape index (κ3) is 4.10. The number of H-pyrrole nitrogens is 1. The first-order valence-electron chi connectivity index (χ1n) is 8.78. The summed E-state index contributed by atoms with van der Waals surface area (Å²) in [7, 11) is 1.63. The molecule has 1 fully saturated rings. The zero-order chi connectivity index (χ0) is 18.5. The normalized spacial score (nSPS) is 17.3. The summed E-state index contributed by atoms with van der Waals surface area (Å²) >= 11 is 0. The van der Waals surface area contributed by atoms with Gasteiger partial charge < -0.3 is 15.0 Å². The number of amides is 1. The van der Waals surface area contributed by atoms with E-state index in [9.17, 15) is 9.59 Å². The van der Waals surface area contributed by atoms with Crippen molar-refractivity contribution in [1.29, 1.82) is 0 Å². The smallest absolute Gasteiger partial charge is 0.268 e. The first kappa shape index (κ1) is 18.1. The van der Waals surface area contributed by atoms with Crippen LogP contribution < -0.4 is 15.8 Å². The van der Waals surface area contributed by atoms with Crippen molar-refractivity contribution < 1.29 is 9.53 Å². The van der Waals surface area contributed by atoms with Crippen LogP contribution in [0.4, 0.5) is 5.69 Å². The van der Waals surface area contributed by atoms with Crippen LogP contribution in [-0.2, 0) is 18.2 Å². The van der Waals surface area contributed by atoms with Crippen molar-refractivity contribution in [2.75, 3.05) is 31.1 Å². The Morgan fingerprint density at radius 1 is 1.46 bits per heavy atom. The fraction of sp³-hybridized carbons (Fsp3) is 0.529. The molecule has 0 saturated carbocycles. The number of anilines is 1. The Labute approximate surface area is 151 Å². The number of nitrogens with zero attached hydrogens (tertiary/aromatic N) is 4. The predicted molar refractivity (Wildman–Crippen MR) is 96.3 cm³/mol. The zero-order valence-electron chi connectivity index (χ0n) is 15.1. The van der Waals surface area contributed by atoms with E-state index >= 15 is 0 Å². The molecular formula is C17H24N6O3. The predicted octanol–water partition coefficient (Wildman–Crippen LogP) is 0.0911. The number of aryl methyl sites for hydroxylation is 2. The van der Waals surface area contributed by atoms with Crippen LogP contribution in [-0.4, -0.2) is 58.2 Å². The largest absolute Gasteiger partial charge is 0.374 e. The number of ether oxygens (including phenoxy) is 1. The second-order valence-electron chi connectivity index (χ2n) is 6.27. The van der Waals surface area contributed by atoms with E-state index < -0.39 is 0 Å². The second-order valence-corrected chi connectivity index (χ2v) is 6.27. The van der Waals surface area contributed by atoms with Gasteiger partial charge in [-0.1, -0.05) is 6.92 Å². The fourth-order valence-electron chi connectivity index (χ4n) is 2.98. The SMILES string of the molecule is CCc1[nH]ncc1C(=O)NCC[C@H]1CN(c2cnn(C)c(=O)c2)CCO1. The summed E-state index contributed by atoms with van der Waals surface area (Å²) in [6, 6.07) is 1.59. The number of nitrogens with one attached hydrogen (secondary N) is 2. The molecule has 26 heavy (non-hydrogen) atoms. The van der Waals surface area contributed by atoms with E-state index in [4.69, 9.17) is 4.74 Å². The van der Waals surface area contributed by atoms with Crippen LogP contribution in [0.1, 0.15) is 29.4 Å². The Balaban J connectivity index is 1.51. The van der Waals surface area contributed by atoms with Gasteiger partial charge in [0.15, 0.2) is 0 Å². The van der Waals surface area contributed by atoms with Crippen molar-refractivity contribution in [3.8, 4) is 0 Å². The van der Waals surface area contributed by atoms with Gasteiger partial charge in [0.05, 0.1) is 36.4 Å². The third-order valence-corrected chi connectivity index (χ3v) is 4.53. The molecule has 2 aromatic rings. The molecule has 2 aromatic heterocycles. The van der Waals surface area contributed by atoms with Crippen molar-refractivity contribution in [3.05, 3.63) is 40.1 Å². The molecule has 0 unspecified atom stereocenters. The van der Waals surface area contributed by atoms with Gasteiger partial charge in [-0.05, 0) is 12.8 Å². The molecule has 0 bridgehead atoms. The minimum Gasteiger partial charge on any atom is -0.374 e. The molecule has 140 valence electrons. The number of aromatic amines is 1. The molecule has 3 rings (SSSR count). The number of morpholine rings is 1. The summed E-state index contributed by atoms with van der Waals surface area (Å²) in [6.07, 6.45) is 4.66. The van der Waals surface area contributed by atoms with E-state index in [-0.39, 0.29) is 17.6 Å². The van der Waals surface area contributed by atoms with Crippen LogP contribution in [0.5, 0.6) is 0 Å². The molecule has 1 saturated heterocycles. The highest BCUT2D eigenvalue weighted by molar-refractivity contribution is 5.95. The molecule has 0 aliphatic carbocycles. The summed E-state index contributed by atoms with van der Waals surface area (Å²) in [5.41, 5.74) is 2.09. The van der Waals surface area contributed by atoms with E-state index in [1.807, 2.05) is 6.92 Å². The van der Waals surface area contributed by atoms with Crippen molar-refractivity contribution in [2.45, 2.75) is 25.9 Å². The van der Waals surface area contributed by atoms with Crippen LogP contribution in [0.3, 0.4) is 0 Å². The quantitative estimate of drug-likeness (QED) is 0.756. The van der Waals surface area contributed by atoms with Crippen molar-refractivity contribution >= 4 is 11.6 Å². The molecule has 9 heteroatoms. The molecule has 1 aliphatic rings. The molecule has 1 amide bonds. The minimum atomic E-state index is -0.135. The van der Waals surface area contributed by atoms with Crippen molar-refractivity contribution in [1.82, 2.24) is 25.3 Å². The number of hydrogen-bond donors (Lipinski definition) is 2. The lowest BCUT2D eigenvalue weighted by Gasteiger charge is -2.34. The maximum Gasteiger partial charge on any atom is 0.268 e. The summed E-state index contributed by atoms with van der Waals surface area (Å²) in [4.78, 5) is 26.1. The van der Waals surface area contributed by atoms with E-state index in [2.05, 4.69) is 25.5 Å². The maximum absolute atomic E-state index is 12.2. The van der Waals surface area contributed by atoms with Crippen molar-refractivity contribution in [2.24, 2.45) is 7.05 Å². The van der Waals surface area contributed by atoms with Gasteiger partial charge in [-0.3, -0.25) is 14.7 Å². The Morgan fingerprint density at radius 3 is 3.08 bits per heavy atom. The highest BCUT2D eigenvalue weighted by Gasteiger charge is 2.22. The highest BCUT2D eigenvalue weighted by atomic mass is 16.5. The first-order valence-corrected chi connectivity index (χ1v) is 8.78. The molecule has 0 radical (unpaired) electrons. The second kappa shape index (κ2) is 8.13. The summed E-state index contributed by atoms with van der Waals surface area (Å²) in [6.45, 7) is 4.44. The van der Waals surface area contributed by atoms with Gasteiger partial charge >= 0.3 is 0 Å². The van der Waals surface area contributed by atoms with E-state index in [1.165, 1.54) is 4.68 Å². The first-order chi connectivity index (χ1) is 12.6. The van der Waals surface area contributed by atoms with Crippen LogP contribution in [0, 0.1) is 0 Å². The molecule has 2 N–H and O–H groups in total. The molecule has 1 atom stereocenters. The highest BCUT2D eigenvalue weighted by Crippen LogP contribution is 2.16. The van der Waals surface area contributed by atoms with Gasteiger partial charge in [0, 0.05) is 38.4 Å². The maximum atomic E-state index is 12.2. The van der Waals surface area contributed by atoms with Gasteiger partial charge in [-0.15, -0.1) is 0 Å². The zero-order valence-corrected chi connectivity index (χ0v) is 15.1. The lowest BCUT2D eigenvalue weighted by Crippen LogP contribution is -2.44. The van der Waals surface area contributed by atoms with Crippen LogP contribution >= 0.6 is 0 Å². The number of carbonyl (C=O) groups is 1. The Kier molecular flexibility index (Phi) is 5.67. The van der Waals surface area contributed by atoms with Crippen LogP contribution in [0.2, 0.25) is 0 Å². The van der Waals surface area contributed by atoms with E-state index in [1.54, 1.807) is 25.5 Å². The standard InChI is InChI=1S/C17H24N6O3/c1-3-15-14(10-19-21-15)17(25)18-5-4-13-11-23(6-7-26-13)12-8-16(24)22(2)20-9-12/h8-10,13H,3-7,11H2,1-2H3,(H,18,25)(H,19,21)/t13-/m0/s1. The Hall–Kier alpha value is -2.68. The molecule has 0 aromatic carbocycles. The molecule has 0 spiro atoms. The minimum absolute atomic E-state index is 0.0110. The lowest BCUT2D eigenvalue weighted by atomic mass is 10.1. The average Bonchev–Trinajstić information content (AvgIpc) is 3.13. The van der Waals surface area contributed by atoms with Crippen LogP contribution in [0.15, 0.2) is 23.3 Å². The number of hydrogen-bond acceptors (Lipinski definition) is 6. The molecule has 1 aliphatic heterocycles. The summed E-state index contributed by atoms with van der Waals surface area (Å²) < 4.78 is 7.09. The fourth-order valence-corrected chi connectivity index (χ4v) is 2.98. The van der Waals surface area contributed by atoms with Crippen LogP contribution in [0.25, 0.3) is 0 Å². The van der Waals surface area contributed by atoms with Gasteiger partial charge in [0.2, 0.25) is 0 Å². The lowest BCUT2D eigenvalue weighted by molar-refractivity contribution is 0.0353. The van der Waals surface area contributed by atoms with Gasteiger partial charge in [-0.2, -0.15) is 10.2 Å². The van der Waals surface area contributed by atoms with E-state index in [0.717, 1.165) is 17.8 Å². The molecular weight excluding hydrogens is 336 g/mol. The summed E-state index contributed by atoms with van der Waals surface area (Å²) in [5.74, 6) is -0.126. The Morgan fingerprint density at radius 2 is 2.31 bits per heavy atom. The molecule has 9 nitrogen and oxygen atoms in total. The summed E-state index contributed by atoms with van der Waals surface area (Å²) in [5, 5.41) is 13.7. The molecule has 3 heterocycles. The van der Waals surface area contributed by atoms with Gasteiger partial charge in [0.25, 0.3) is 11.5 Å². The topological polar surface area (TPSA) is 105 Å². The third-order valence-electron chi connectivity index (χ3n) is 4.53. The van der Waals surface area contributed by atoms with E-state index in [0.29, 0.717) is 38.2 Å². The monoisotopic (exact) mass is 360 g/mol. The van der Waals surface area contributed by atoms with Gasteiger partial charge in [0.1, 0.15) is 0 Å². The Bertz CT molecular complexity index is 815. The average molecular weight is 360 g/mol. The number of rotatable bonds is 6.